The fourth-order valence-corrected chi connectivity index (χ4v) is 5.33. The summed E-state index contributed by atoms with van der Waals surface area (Å²) in [5.74, 6) is -0.206. The van der Waals surface area contributed by atoms with E-state index >= 15 is 0 Å². The van der Waals surface area contributed by atoms with Crippen LogP contribution in [0.3, 0.4) is 0 Å². The van der Waals surface area contributed by atoms with Crippen molar-refractivity contribution in [2.75, 3.05) is 12.0 Å². The van der Waals surface area contributed by atoms with Gasteiger partial charge in [0.25, 0.3) is 0 Å². The highest BCUT2D eigenvalue weighted by molar-refractivity contribution is 6.30. The monoisotopic (exact) mass is 465 g/mol. The first kappa shape index (κ1) is 21.8. The van der Waals surface area contributed by atoms with E-state index in [2.05, 4.69) is 12.1 Å². The van der Waals surface area contributed by atoms with Crippen molar-refractivity contribution in [3.05, 3.63) is 101 Å². The Bertz CT molecular complexity index is 1350. The summed E-state index contributed by atoms with van der Waals surface area (Å²) in [5, 5.41) is 21.4. The first-order chi connectivity index (χ1) is 16.5. The minimum Gasteiger partial charge on any atom is -0.497 e. The van der Waals surface area contributed by atoms with Crippen LogP contribution in [0.15, 0.2) is 78.9 Å². The topological polar surface area (TPSA) is 77.1 Å². The molecule has 3 aromatic rings. The van der Waals surface area contributed by atoms with E-state index < -0.39 is 23.4 Å². The summed E-state index contributed by atoms with van der Waals surface area (Å²) in [5.41, 5.74) is 1.49. The molecule has 1 fully saturated rings. The van der Waals surface area contributed by atoms with Gasteiger partial charge in [-0.25, -0.2) is 0 Å². The molecule has 0 N–H and O–H groups in total. The summed E-state index contributed by atoms with van der Waals surface area (Å²) in [7, 11) is 1.58. The number of fused-ring (bicyclic) bond motifs is 3. The minimum absolute atomic E-state index is 0.167. The van der Waals surface area contributed by atoms with Gasteiger partial charge in [-0.1, -0.05) is 54.1 Å². The fourth-order valence-electron chi connectivity index (χ4n) is 5.20. The van der Waals surface area contributed by atoms with Gasteiger partial charge >= 0.3 is 0 Å². The maximum Gasteiger partial charge on any atom is 0.185 e. The van der Waals surface area contributed by atoms with E-state index in [4.69, 9.17) is 16.3 Å². The standard InChI is InChI=1S/C28H20ClN3O2/c1-34-22-13-8-19(9-14-22)25-26(27(33)20-6-11-21(29)12-7-20)32-23-5-3-2-4-18(23)10-15-24(32)28(25,16-30)17-31/h2-15,24-26H,1H3. The second-order valence-corrected chi connectivity index (χ2v) is 8.87. The third-order valence-electron chi connectivity index (χ3n) is 6.79. The maximum absolute atomic E-state index is 14.1. The Hall–Kier alpha value is -4.06. The lowest BCUT2D eigenvalue weighted by molar-refractivity contribution is 0.0951. The van der Waals surface area contributed by atoms with E-state index in [9.17, 15) is 15.3 Å². The highest BCUT2D eigenvalue weighted by Gasteiger charge is 2.63. The number of carbonyl (C=O) groups is 1. The van der Waals surface area contributed by atoms with Crippen LogP contribution in [-0.2, 0) is 0 Å². The van der Waals surface area contributed by atoms with E-state index in [1.807, 2.05) is 53.5 Å². The predicted molar refractivity (Wildman–Crippen MR) is 131 cm³/mol. The SMILES string of the molecule is COc1ccc(C2C(C(=O)c3ccc(Cl)cc3)N3c4ccccc4C=CC3C2(C#N)C#N)cc1. The zero-order chi connectivity index (χ0) is 23.9. The van der Waals surface area contributed by atoms with Crippen LogP contribution >= 0.6 is 11.6 Å². The molecule has 5 rings (SSSR count). The number of nitrogens with zero attached hydrogens (tertiary/aromatic N) is 3. The molecule has 2 aliphatic heterocycles. The van der Waals surface area contributed by atoms with Crippen LogP contribution in [0.25, 0.3) is 6.08 Å². The van der Waals surface area contributed by atoms with Crippen LogP contribution in [0.1, 0.15) is 27.4 Å². The number of rotatable bonds is 4. The molecule has 2 heterocycles. The number of carbonyl (C=O) groups excluding carboxylic acids is 1. The molecule has 0 amide bonds. The maximum atomic E-state index is 14.1. The summed E-state index contributed by atoms with van der Waals surface area (Å²) < 4.78 is 5.30. The van der Waals surface area contributed by atoms with Crippen molar-refractivity contribution < 1.29 is 9.53 Å². The average molecular weight is 466 g/mol. The van der Waals surface area contributed by atoms with Gasteiger partial charge in [0.1, 0.15) is 11.8 Å². The highest BCUT2D eigenvalue weighted by atomic mass is 35.5. The number of ketones is 1. The van der Waals surface area contributed by atoms with E-state index in [-0.39, 0.29) is 5.78 Å². The second-order valence-electron chi connectivity index (χ2n) is 8.43. The lowest BCUT2D eigenvalue weighted by Gasteiger charge is -2.35. The number of nitriles is 2. The number of hydrogen-bond acceptors (Lipinski definition) is 5. The molecule has 1 saturated heterocycles. The van der Waals surface area contributed by atoms with Gasteiger partial charge in [-0.3, -0.25) is 4.79 Å². The van der Waals surface area contributed by atoms with Crippen LogP contribution < -0.4 is 9.64 Å². The number of methoxy groups -OCH3 is 1. The largest absolute Gasteiger partial charge is 0.497 e. The average Bonchev–Trinajstić information content (AvgIpc) is 3.19. The number of hydrogen-bond donors (Lipinski definition) is 0. The Balaban J connectivity index is 1.76. The van der Waals surface area contributed by atoms with Gasteiger partial charge in [-0.2, -0.15) is 10.5 Å². The molecule has 3 aromatic carbocycles. The number of para-hydroxylation sites is 1. The Morgan fingerprint density at radius 3 is 2.32 bits per heavy atom. The lowest BCUT2D eigenvalue weighted by atomic mass is 9.69. The Labute approximate surface area is 203 Å². The van der Waals surface area contributed by atoms with Crippen molar-refractivity contribution in [3.63, 3.8) is 0 Å². The quantitative estimate of drug-likeness (QED) is 0.466. The summed E-state index contributed by atoms with van der Waals surface area (Å²) in [4.78, 5) is 16.0. The summed E-state index contributed by atoms with van der Waals surface area (Å²) in [6.07, 6.45) is 3.81. The van der Waals surface area contributed by atoms with Gasteiger partial charge < -0.3 is 9.64 Å². The van der Waals surface area contributed by atoms with E-state index in [0.717, 1.165) is 16.8 Å². The molecule has 3 unspecified atom stereocenters. The zero-order valence-corrected chi connectivity index (χ0v) is 19.1. The minimum atomic E-state index is -1.48. The first-order valence-corrected chi connectivity index (χ1v) is 11.2. The number of ether oxygens (including phenoxy) is 1. The van der Waals surface area contributed by atoms with Crippen LogP contribution in [0, 0.1) is 28.1 Å². The van der Waals surface area contributed by atoms with Gasteiger partial charge in [0.05, 0.1) is 25.3 Å². The predicted octanol–water partition coefficient (Wildman–Crippen LogP) is 5.63. The van der Waals surface area contributed by atoms with E-state index in [1.165, 1.54) is 0 Å². The number of benzene rings is 3. The van der Waals surface area contributed by atoms with Gasteiger partial charge in [0.2, 0.25) is 0 Å². The number of anilines is 1. The molecule has 0 aromatic heterocycles. The molecule has 2 aliphatic rings. The van der Waals surface area contributed by atoms with Gasteiger partial charge in [-0.15, -0.1) is 0 Å². The van der Waals surface area contributed by atoms with Gasteiger partial charge in [0.15, 0.2) is 11.2 Å². The van der Waals surface area contributed by atoms with Crippen LogP contribution in [0.2, 0.25) is 5.02 Å². The molecule has 0 aliphatic carbocycles. The third-order valence-corrected chi connectivity index (χ3v) is 7.04. The van der Waals surface area contributed by atoms with E-state index in [0.29, 0.717) is 16.3 Å². The van der Waals surface area contributed by atoms with Crippen molar-refractivity contribution in [2.24, 2.45) is 5.41 Å². The molecular weight excluding hydrogens is 446 g/mol. The normalized spacial score (nSPS) is 21.6. The molecule has 0 radical (unpaired) electrons. The zero-order valence-electron chi connectivity index (χ0n) is 18.4. The molecular formula is C28H20ClN3O2. The molecule has 166 valence electrons. The van der Waals surface area contributed by atoms with E-state index in [1.54, 1.807) is 43.5 Å². The highest BCUT2D eigenvalue weighted by Crippen LogP contribution is 2.55. The molecule has 0 bridgehead atoms. The van der Waals surface area contributed by atoms with Gasteiger partial charge in [-0.05, 0) is 53.6 Å². The van der Waals surface area contributed by atoms with Crippen molar-refractivity contribution >= 4 is 29.1 Å². The fraction of sp³-hybridized carbons (Fsp3) is 0.179. The molecule has 0 saturated carbocycles. The number of Topliss-reactive ketones (excluding diaryl/α,β-unsaturated/α-hetero) is 1. The Morgan fingerprint density at radius 1 is 1.00 bits per heavy atom. The van der Waals surface area contributed by atoms with Crippen LogP contribution in [0.4, 0.5) is 5.69 Å². The molecule has 34 heavy (non-hydrogen) atoms. The summed E-state index contributed by atoms with van der Waals surface area (Å²) in [6, 6.07) is 25.0. The molecule has 3 atom stereocenters. The van der Waals surface area contributed by atoms with Crippen molar-refractivity contribution in [1.82, 2.24) is 0 Å². The van der Waals surface area contributed by atoms with Gasteiger partial charge in [0, 0.05) is 22.2 Å². The first-order valence-electron chi connectivity index (χ1n) is 10.9. The molecule has 0 spiro atoms. The number of halogens is 1. The van der Waals surface area contributed by atoms with Crippen LogP contribution in [-0.4, -0.2) is 25.0 Å². The Morgan fingerprint density at radius 2 is 1.68 bits per heavy atom. The summed E-state index contributed by atoms with van der Waals surface area (Å²) in [6.45, 7) is 0. The van der Waals surface area contributed by atoms with Crippen molar-refractivity contribution in [1.29, 1.82) is 10.5 Å². The Kier molecular flexibility index (Phi) is 5.36. The van der Waals surface area contributed by atoms with Crippen LogP contribution in [0.5, 0.6) is 5.75 Å². The lowest BCUT2D eigenvalue weighted by Crippen LogP contribution is -2.44. The molecule has 5 nitrogen and oxygen atoms in total. The van der Waals surface area contributed by atoms with Crippen molar-refractivity contribution in [2.45, 2.75) is 18.0 Å². The second kappa shape index (κ2) is 8.37. The summed E-state index contributed by atoms with van der Waals surface area (Å²) >= 11 is 6.07. The smallest absolute Gasteiger partial charge is 0.185 e. The third kappa shape index (κ3) is 3.17. The van der Waals surface area contributed by atoms with Crippen molar-refractivity contribution in [3.8, 4) is 17.9 Å². The molecule has 6 heteroatoms.